The van der Waals surface area contributed by atoms with Gasteiger partial charge >= 0.3 is 0 Å². The van der Waals surface area contributed by atoms with Gasteiger partial charge in [-0.05, 0) is 24.0 Å². The lowest BCUT2D eigenvalue weighted by molar-refractivity contribution is 0.335. The van der Waals surface area contributed by atoms with E-state index in [-0.39, 0.29) is 5.38 Å². The van der Waals surface area contributed by atoms with Crippen molar-refractivity contribution < 1.29 is 0 Å². The Morgan fingerprint density at radius 2 is 1.16 bits per heavy atom. The van der Waals surface area contributed by atoms with Crippen LogP contribution in [0.5, 0.6) is 0 Å². The second-order valence-corrected chi connectivity index (χ2v) is 5.78. The first-order valence-electron chi connectivity index (χ1n) is 6.83. The Labute approximate surface area is 119 Å². The van der Waals surface area contributed by atoms with E-state index in [1.165, 1.54) is 11.1 Å². The predicted molar refractivity (Wildman–Crippen MR) is 80.4 cm³/mol. The van der Waals surface area contributed by atoms with Crippen molar-refractivity contribution in [1.29, 1.82) is 0 Å². The number of rotatable bonds is 2. The van der Waals surface area contributed by atoms with Gasteiger partial charge in [0.2, 0.25) is 0 Å². The number of halogens is 1. The lowest BCUT2D eigenvalue weighted by atomic mass is 9.90. The average Bonchev–Trinajstić information content (AvgIpc) is 2.48. The summed E-state index contributed by atoms with van der Waals surface area (Å²) in [5.74, 6) is 0. The predicted octanol–water partition coefficient (Wildman–Crippen LogP) is 4.46. The largest absolute Gasteiger partial charge is 0.303 e. The first kappa shape index (κ1) is 12.7. The van der Waals surface area contributed by atoms with Crippen LogP contribution in [0.2, 0.25) is 0 Å². The summed E-state index contributed by atoms with van der Waals surface area (Å²) in [6.45, 7) is 0. The molecule has 2 atom stereocenters. The topological polar surface area (TPSA) is 12.0 Å². The minimum Gasteiger partial charge on any atom is -0.303 e. The third kappa shape index (κ3) is 2.99. The summed E-state index contributed by atoms with van der Waals surface area (Å²) in [4.78, 5) is 0. The third-order valence-electron chi connectivity index (χ3n) is 3.79. The number of hydrogen-bond acceptors (Lipinski definition) is 1. The Kier molecular flexibility index (Phi) is 3.86. The van der Waals surface area contributed by atoms with Crippen LogP contribution in [0.15, 0.2) is 60.7 Å². The first-order valence-corrected chi connectivity index (χ1v) is 7.26. The van der Waals surface area contributed by atoms with Crippen molar-refractivity contribution in [3.63, 3.8) is 0 Å². The maximum Gasteiger partial charge on any atom is 0.0372 e. The van der Waals surface area contributed by atoms with Crippen LogP contribution in [0.4, 0.5) is 0 Å². The van der Waals surface area contributed by atoms with Gasteiger partial charge in [0.1, 0.15) is 0 Å². The van der Waals surface area contributed by atoms with Gasteiger partial charge in [-0.1, -0.05) is 60.7 Å². The van der Waals surface area contributed by atoms with Crippen molar-refractivity contribution >= 4 is 11.6 Å². The number of benzene rings is 2. The molecular weight excluding hydrogens is 254 g/mol. The molecule has 1 fully saturated rings. The molecule has 0 amide bonds. The highest BCUT2D eigenvalue weighted by molar-refractivity contribution is 6.20. The minimum absolute atomic E-state index is 0.233. The van der Waals surface area contributed by atoms with E-state index in [9.17, 15) is 0 Å². The summed E-state index contributed by atoms with van der Waals surface area (Å²) < 4.78 is 0. The number of nitrogens with one attached hydrogen (secondary N) is 1. The first-order chi connectivity index (χ1) is 9.33. The Morgan fingerprint density at radius 3 is 1.58 bits per heavy atom. The summed E-state index contributed by atoms with van der Waals surface area (Å²) in [6.07, 6.45) is 1.99. The van der Waals surface area contributed by atoms with Gasteiger partial charge < -0.3 is 5.32 Å². The molecule has 1 saturated heterocycles. The fraction of sp³-hybridized carbons (Fsp3) is 0.294. The minimum atomic E-state index is 0.233. The van der Waals surface area contributed by atoms with Crippen LogP contribution in [0.1, 0.15) is 36.1 Å². The molecule has 0 aromatic heterocycles. The smallest absolute Gasteiger partial charge is 0.0372 e. The molecule has 1 nitrogen and oxygen atoms in total. The maximum atomic E-state index is 6.47. The van der Waals surface area contributed by atoms with Gasteiger partial charge in [0.05, 0.1) is 0 Å². The Balaban J connectivity index is 1.82. The lowest BCUT2D eigenvalue weighted by Gasteiger charge is -2.34. The van der Waals surface area contributed by atoms with Gasteiger partial charge in [-0.25, -0.2) is 0 Å². The van der Waals surface area contributed by atoms with E-state index in [1.807, 2.05) is 0 Å². The van der Waals surface area contributed by atoms with Crippen LogP contribution in [-0.4, -0.2) is 5.38 Å². The van der Waals surface area contributed by atoms with Gasteiger partial charge in [-0.3, -0.25) is 0 Å². The number of piperidine rings is 1. The fourth-order valence-corrected chi connectivity index (χ4v) is 3.18. The molecule has 2 aromatic carbocycles. The van der Waals surface area contributed by atoms with Crippen molar-refractivity contribution in [2.24, 2.45) is 0 Å². The van der Waals surface area contributed by atoms with Crippen LogP contribution >= 0.6 is 11.6 Å². The van der Waals surface area contributed by atoms with Crippen LogP contribution in [0, 0.1) is 0 Å². The highest BCUT2D eigenvalue weighted by Crippen LogP contribution is 2.35. The molecule has 0 aliphatic carbocycles. The van der Waals surface area contributed by atoms with Crippen molar-refractivity contribution in [1.82, 2.24) is 5.32 Å². The summed E-state index contributed by atoms with van der Waals surface area (Å²) in [5.41, 5.74) is 2.66. The molecule has 1 aliphatic heterocycles. The van der Waals surface area contributed by atoms with Gasteiger partial charge in [-0.2, -0.15) is 0 Å². The standard InChI is InChI=1S/C17H18ClN/c18-15-11-16(13-7-3-1-4-8-13)19-17(12-15)14-9-5-2-6-10-14/h1-10,15-17,19H,11-12H2. The zero-order valence-electron chi connectivity index (χ0n) is 10.8. The molecule has 2 aromatic rings. The zero-order chi connectivity index (χ0) is 13.1. The summed E-state index contributed by atoms with van der Waals surface area (Å²) >= 11 is 6.47. The van der Waals surface area contributed by atoms with E-state index < -0.39 is 0 Å². The quantitative estimate of drug-likeness (QED) is 0.795. The molecule has 0 radical (unpaired) electrons. The molecule has 0 saturated carbocycles. The summed E-state index contributed by atoms with van der Waals surface area (Å²) in [7, 11) is 0. The molecule has 0 bridgehead atoms. The molecule has 2 heteroatoms. The highest BCUT2D eigenvalue weighted by Gasteiger charge is 2.28. The second-order valence-electron chi connectivity index (χ2n) is 5.16. The maximum absolute atomic E-state index is 6.47. The molecule has 3 rings (SSSR count). The zero-order valence-corrected chi connectivity index (χ0v) is 11.6. The molecular formula is C17H18ClN. The average molecular weight is 272 g/mol. The Morgan fingerprint density at radius 1 is 0.737 bits per heavy atom. The Bertz CT molecular complexity index is 464. The van der Waals surface area contributed by atoms with Crippen molar-refractivity contribution in [2.75, 3.05) is 0 Å². The SMILES string of the molecule is ClC1CC(c2ccccc2)NC(c2ccccc2)C1. The highest BCUT2D eigenvalue weighted by atomic mass is 35.5. The molecule has 19 heavy (non-hydrogen) atoms. The van der Waals surface area contributed by atoms with Crippen LogP contribution in [-0.2, 0) is 0 Å². The van der Waals surface area contributed by atoms with Gasteiger partial charge in [-0.15, -0.1) is 11.6 Å². The monoisotopic (exact) mass is 271 g/mol. The molecule has 1 aliphatic rings. The Hall–Kier alpha value is -1.31. The van der Waals surface area contributed by atoms with Crippen LogP contribution < -0.4 is 5.32 Å². The number of hydrogen-bond donors (Lipinski definition) is 1. The summed E-state index contributed by atoms with van der Waals surface area (Å²) in [5, 5.41) is 3.97. The summed E-state index contributed by atoms with van der Waals surface area (Å²) in [6, 6.07) is 21.9. The lowest BCUT2D eigenvalue weighted by Crippen LogP contribution is -2.35. The molecule has 1 N–H and O–H groups in total. The molecule has 2 unspecified atom stereocenters. The van der Waals surface area contributed by atoms with Gasteiger partial charge in [0.15, 0.2) is 0 Å². The van der Waals surface area contributed by atoms with E-state index in [0.29, 0.717) is 12.1 Å². The number of alkyl halides is 1. The van der Waals surface area contributed by atoms with E-state index in [0.717, 1.165) is 12.8 Å². The van der Waals surface area contributed by atoms with Crippen molar-refractivity contribution in [3.8, 4) is 0 Å². The fourth-order valence-electron chi connectivity index (χ4n) is 2.82. The molecule has 98 valence electrons. The van der Waals surface area contributed by atoms with E-state index in [1.54, 1.807) is 0 Å². The van der Waals surface area contributed by atoms with E-state index in [4.69, 9.17) is 11.6 Å². The van der Waals surface area contributed by atoms with Crippen molar-refractivity contribution in [3.05, 3.63) is 71.8 Å². The van der Waals surface area contributed by atoms with Crippen molar-refractivity contribution in [2.45, 2.75) is 30.3 Å². The van der Waals surface area contributed by atoms with Gasteiger partial charge in [0.25, 0.3) is 0 Å². The molecule has 0 spiro atoms. The van der Waals surface area contributed by atoms with E-state index >= 15 is 0 Å². The van der Waals surface area contributed by atoms with Crippen LogP contribution in [0.3, 0.4) is 0 Å². The normalized spacial score (nSPS) is 27.1. The van der Waals surface area contributed by atoms with Crippen LogP contribution in [0.25, 0.3) is 0 Å². The second kappa shape index (κ2) is 5.77. The molecule has 1 heterocycles. The van der Waals surface area contributed by atoms with Gasteiger partial charge in [0, 0.05) is 17.5 Å². The van der Waals surface area contributed by atoms with E-state index in [2.05, 4.69) is 66.0 Å². The third-order valence-corrected chi connectivity index (χ3v) is 4.15.